The number of carbonyl (C=O) groups excluding carboxylic acids is 2. The summed E-state index contributed by atoms with van der Waals surface area (Å²) in [5, 5.41) is 0.199. The van der Waals surface area contributed by atoms with Crippen molar-refractivity contribution >= 4 is 38.4 Å². The molecule has 0 spiro atoms. The molecule has 1 amide bonds. The third-order valence-corrected chi connectivity index (χ3v) is 7.58. The first-order chi connectivity index (χ1) is 20.0. The minimum atomic E-state index is -4.87. The van der Waals surface area contributed by atoms with E-state index in [0.717, 1.165) is 0 Å². The van der Waals surface area contributed by atoms with Crippen molar-refractivity contribution in [2.24, 2.45) is 0 Å². The molecule has 0 aliphatic rings. The average Bonchev–Trinajstić information content (AvgIpc) is 3.39. The molecule has 0 saturated carbocycles. The number of rotatable bonds is 8. The standard InChI is InChI=1S/C28H18F4N4O5S/c1-41-35-28(38)15-4-2-14(3-5-15)16-10-18-19(13-34-27(18)33-12-16)26(37)24-21(31)8-9-22(25(24)32)36-42(39,40)23-11-17(29)6-7-20(23)30/h2-13,36H,1H3,(H,33,34)(H,35,38). The van der Waals surface area contributed by atoms with E-state index in [1.54, 1.807) is 22.9 Å². The third-order valence-electron chi connectivity index (χ3n) is 6.20. The number of carbonyl (C=O) groups is 2. The number of amides is 1. The van der Waals surface area contributed by atoms with E-state index >= 15 is 4.39 Å². The number of sulfonamides is 1. The summed E-state index contributed by atoms with van der Waals surface area (Å²) >= 11 is 0. The summed E-state index contributed by atoms with van der Waals surface area (Å²) in [6.45, 7) is 0. The minimum absolute atomic E-state index is 0.176. The zero-order valence-electron chi connectivity index (χ0n) is 21.3. The number of pyridine rings is 1. The molecule has 0 bridgehead atoms. The van der Waals surface area contributed by atoms with Crippen molar-refractivity contribution in [3.63, 3.8) is 0 Å². The van der Waals surface area contributed by atoms with Gasteiger partial charge in [-0.15, -0.1) is 0 Å². The van der Waals surface area contributed by atoms with Crippen LogP contribution in [0.2, 0.25) is 0 Å². The summed E-state index contributed by atoms with van der Waals surface area (Å²) in [5.41, 5.74) is 1.72. The molecule has 9 nitrogen and oxygen atoms in total. The maximum Gasteiger partial charge on any atom is 0.274 e. The maximum absolute atomic E-state index is 15.5. The molecule has 0 fully saturated rings. The number of hydrogen-bond acceptors (Lipinski definition) is 6. The predicted molar refractivity (Wildman–Crippen MR) is 143 cm³/mol. The Labute approximate surface area is 235 Å². The Morgan fingerprint density at radius 3 is 2.33 bits per heavy atom. The Balaban J connectivity index is 1.50. The molecule has 3 aromatic carbocycles. The quantitative estimate of drug-likeness (QED) is 0.129. The van der Waals surface area contributed by atoms with E-state index < -0.39 is 61.1 Å². The number of hydroxylamine groups is 1. The van der Waals surface area contributed by atoms with E-state index in [-0.39, 0.29) is 16.6 Å². The molecule has 5 aromatic rings. The lowest BCUT2D eigenvalue weighted by atomic mass is 9.99. The van der Waals surface area contributed by atoms with Crippen LogP contribution in [0.1, 0.15) is 26.3 Å². The van der Waals surface area contributed by atoms with Gasteiger partial charge in [-0.2, -0.15) is 0 Å². The number of benzene rings is 3. The van der Waals surface area contributed by atoms with Crippen LogP contribution in [0.3, 0.4) is 0 Å². The van der Waals surface area contributed by atoms with E-state index in [4.69, 9.17) is 0 Å². The molecule has 0 aliphatic heterocycles. The van der Waals surface area contributed by atoms with Gasteiger partial charge >= 0.3 is 0 Å². The first-order valence-corrected chi connectivity index (χ1v) is 13.4. The molecule has 14 heteroatoms. The van der Waals surface area contributed by atoms with Crippen molar-refractivity contribution < 1.29 is 40.4 Å². The highest BCUT2D eigenvalue weighted by Crippen LogP contribution is 2.30. The lowest BCUT2D eigenvalue weighted by Gasteiger charge is -2.12. The SMILES string of the molecule is CONC(=O)c1ccc(-c2cnc3[nH]cc(C(=O)c4c(F)ccc(NS(=O)(=O)c5cc(F)ccc5F)c4F)c3c2)cc1. The van der Waals surface area contributed by atoms with Gasteiger partial charge in [0.25, 0.3) is 15.9 Å². The highest BCUT2D eigenvalue weighted by molar-refractivity contribution is 7.92. The number of aromatic nitrogens is 2. The van der Waals surface area contributed by atoms with E-state index in [9.17, 15) is 31.2 Å². The van der Waals surface area contributed by atoms with E-state index in [1.807, 2.05) is 0 Å². The van der Waals surface area contributed by atoms with Crippen LogP contribution in [0, 0.1) is 23.3 Å². The molecule has 0 aliphatic carbocycles. The van der Waals surface area contributed by atoms with Crippen LogP contribution in [0.25, 0.3) is 22.2 Å². The molecular weight excluding hydrogens is 580 g/mol. The Morgan fingerprint density at radius 2 is 1.62 bits per heavy atom. The molecule has 3 N–H and O–H groups in total. The van der Waals surface area contributed by atoms with Gasteiger partial charge in [0.15, 0.2) is 5.82 Å². The van der Waals surface area contributed by atoms with Gasteiger partial charge in [-0.05, 0) is 54.1 Å². The lowest BCUT2D eigenvalue weighted by molar-refractivity contribution is 0.0537. The number of ketones is 1. The molecule has 0 atom stereocenters. The molecule has 214 valence electrons. The lowest BCUT2D eigenvalue weighted by Crippen LogP contribution is -2.21. The van der Waals surface area contributed by atoms with Gasteiger partial charge in [0.1, 0.15) is 28.0 Å². The number of H-pyrrole nitrogens is 1. The molecule has 0 radical (unpaired) electrons. The average molecular weight is 599 g/mol. The van der Waals surface area contributed by atoms with Crippen LogP contribution < -0.4 is 10.2 Å². The molecule has 0 unspecified atom stereocenters. The number of nitrogens with zero attached hydrogens (tertiary/aromatic N) is 1. The van der Waals surface area contributed by atoms with Crippen molar-refractivity contribution in [3.8, 4) is 11.1 Å². The highest BCUT2D eigenvalue weighted by Gasteiger charge is 2.28. The topological polar surface area (TPSA) is 130 Å². The molecule has 2 heterocycles. The van der Waals surface area contributed by atoms with Gasteiger partial charge in [-0.25, -0.2) is 36.4 Å². The van der Waals surface area contributed by atoms with Crippen LogP contribution in [0.4, 0.5) is 23.2 Å². The number of anilines is 1. The predicted octanol–water partition coefficient (Wildman–Crippen LogP) is 5.11. The van der Waals surface area contributed by atoms with Crippen LogP contribution >= 0.6 is 0 Å². The summed E-state index contributed by atoms with van der Waals surface area (Å²) in [6.07, 6.45) is 2.68. The third kappa shape index (κ3) is 5.32. The second kappa shape index (κ2) is 11.1. The first kappa shape index (κ1) is 28.4. The summed E-state index contributed by atoms with van der Waals surface area (Å²) < 4.78 is 85.0. The fourth-order valence-electron chi connectivity index (χ4n) is 4.17. The van der Waals surface area contributed by atoms with Crippen molar-refractivity contribution in [2.75, 3.05) is 11.8 Å². The summed E-state index contributed by atoms with van der Waals surface area (Å²) in [4.78, 5) is 35.8. The largest absolute Gasteiger partial charge is 0.345 e. The van der Waals surface area contributed by atoms with Gasteiger partial charge in [0, 0.05) is 34.5 Å². The Hall–Kier alpha value is -5.08. The Morgan fingerprint density at radius 1 is 0.905 bits per heavy atom. The first-order valence-electron chi connectivity index (χ1n) is 11.9. The van der Waals surface area contributed by atoms with Gasteiger partial charge in [0.2, 0.25) is 5.78 Å². The zero-order chi connectivity index (χ0) is 30.2. The van der Waals surface area contributed by atoms with Gasteiger partial charge in [-0.3, -0.25) is 19.1 Å². The number of nitrogens with one attached hydrogen (secondary N) is 3. The second-order valence-corrected chi connectivity index (χ2v) is 10.5. The van der Waals surface area contributed by atoms with E-state index in [1.165, 1.54) is 31.6 Å². The highest BCUT2D eigenvalue weighted by atomic mass is 32.2. The summed E-state index contributed by atoms with van der Waals surface area (Å²) in [7, 11) is -3.57. The van der Waals surface area contributed by atoms with Crippen molar-refractivity contribution in [1.29, 1.82) is 0 Å². The molecule has 2 aromatic heterocycles. The normalized spacial score (nSPS) is 11.5. The minimum Gasteiger partial charge on any atom is -0.345 e. The van der Waals surface area contributed by atoms with Gasteiger partial charge in [-0.1, -0.05) is 12.1 Å². The van der Waals surface area contributed by atoms with E-state index in [0.29, 0.717) is 47.0 Å². The molecule has 0 saturated heterocycles. The Bertz CT molecular complexity index is 1980. The van der Waals surface area contributed by atoms with Crippen LogP contribution in [0.5, 0.6) is 0 Å². The summed E-state index contributed by atoms with van der Waals surface area (Å²) in [6, 6.07) is 10.9. The van der Waals surface area contributed by atoms with Crippen molar-refractivity contribution in [3.05, 3.63) is 113 Å². The maximum atomic E-state index is 15.5. The van der Waals surface area contributed by atoms with Crippen LogP contribution in [-0.2, 0) is 14.9 Å². The van der Waals surface area contributed by atoms with Crippen molar-refractivity contribution in [2.45, 2.75) is 4.90 Å². The molecule has 5 rings (SSSR count). The fourth-order valence-corrected chi connectivity index (χ4v) is 5.32. The smallest absolute Gasteiger partial charge is 0.274 e. The zero-order valence-corrected chi connectivity index (χ0v) is 22.2. The summed E-state index contributed by atoms with van der Waals surface area (Å²) in [5.74, 6) is -6.83. The molecular formula is C28H18F4N4O5S. The van der Waals surface area contributed by atoms with Crippen LogP contribution in [-0.4, -0.2) is 37.2 Å². The number of fused-ring (bicyclic) bond motifs is 1. The monoisotopic (exact) mass is 598 g/mol. The second-order valence-electron chi connectivity index (χ2n) is 8.83. The van der Waals surface area contributed by atoms with E-state index in [2.05, 4.69) is 20.3 Å². The number of aromatic amines is 1. The number of halogens is 4. The van der Waals surface area contributed by atoms with Gasteiger partial charge < -0.3 is 4.98 Å². The van der Waals surface area contributed by atoms with Crippen molar-refractivity contribution in [1.82, 2.24) is 15.4 Å². The van der Waals surface area contributed by atoms with Crippen LogP contribution in [0.15, 0.2) is 78.0 Å². The number of hydrogen-bond donors (Lipinski definition) is 3. The Kier molecular flexibility index (Phi) is 7.49. The molecule has 42 heavy (non-hydrogen) atoms. The van der Waals surface area contributed by atoms with Gasteiger partial charge in [0.05, 0.1) is 18.4 Å². The fraction of sp³-hybridized carbons (Fsp3) is 0.0357.